The molecule has 0 bridgehead atoms. The van der Waals surface area contributed by atoms with Crippen molar-refractivity contribution >= 4 is 50.5 Å². The summed E-state index contributed by atoms with van der Waals surface area (Å²) in [6, 6.07) is 13.8. The molecule has 1 aliphatic rings. The van der Waals surface area contributed by atoms with Crippen LogP contribution in [0.25, 0.3) is 34.3 Å². The van der Waals surface area contributed by atoms with Crippen molar-refractivity contribution in [2.75, 3.05) is 11.8 Å². The van der Waals surface area contributed by atoms with Gasteiger partial charge in [0.15, 0.2) is 11.5 Å². The number of carbonyl (C=O) groups is 1. The molecule has 6 aromatic rings. The molecule has 7 rings (SSSR count). The number of amides is 1. The van der Waals surface area contributed by atoms with Gasteiger partial charge < -0.3 is 5.32 Å². The minimum Gasteiger partial charge on any atom is -0.344 e. The number of rotatable bonds is 7. The van der Waals surface area contributed by atoms with E-state index in [4.69, 9.17) is 0 Å². The van der Waals surface area contributed by atoms with Gasteiger partial charge in [0.25, 0.3) is 21.7 Å². The van der Waals surface area contributed by atoms with Gasteiger partial charge in [0.05, 0.1) is 28.9 Å². The smallest absolute Gasteiger partial charge is 0.300 e. The van der Waals surface area contributed by atoms with Gasteiger partial charge in [0.2, 0.25) is 0 Å². The Kier molecular flexibility index (Phi) is 7.19. The molecule has 14 heteroatoms. The number of para-hydroxylation sites is 1. The number of aryl methyl sites for hydroxylation is 1. The standard InChI is InChI=1S/C33H27N9O4S/c1-20(37-32(43)28-30(39-47(45,46)34-2)38-41-17-7-16-35-31(28)41)29-25-15-14-22-12-13-23(11-10-21-18-36-40(3)19-21)27(26(22)25)33(44)42(29)24-8-5-4-6-9-24/h4-9,12-20,34H,1-3H3,(H,37,43)(H,38,39)/t20-/m0/s1. The van der Waals surface area contributed by atoms with Crippen LogP contribution < -0.4 is 20.3 Å². The summed E-state index contributed by atoms with van der Waals surface area (Å²) in [5.74, 6) is 5.44. The van der Waals surface area contributed by atoms with E-state index in [1.165, 1.54) is 17.8 Å². The number of anilines is 1. The van der Waals surface area contributed by atoms with Crippen molar-refractivity contribution in [3.8, 4) is 17.5 Å². The second-order valence-electron chi connectivity index (χ2n) is 10.8. The summed E-state index contributed by atoms with van der Waals surface area (Å²) in [6.45, 7) is 1.77. The van der Waals surface area contributed by atoms with Crippen LogP contribution in [0.2, 0.25) is 0 Å². The zero-order valence-corrected chi connectivity index (χ0v) is 26.2. The third-order valence-electron chi connectivity index (χ3n) is 7.81. The average Bonchev–Trinajstić information content (AvgIpc) is 3.78. The van der Waals surface area contributed by atoms with Crippen LogP contribution in [0.1, 0.15) is 51.3 Å². The van der Waals surface area contributed by atoms with E-state index in [9.17, 15) is 18.0 Å². The van der Waals surface area contributed by atoms with Crippen LogP contribution in [-0.2, 0) is 17.3 Å². The molecule has 1 atom stereocenters. The van der Waals surface area contributed by atoms with Crippen molar-refractivity contribution < 1.29 is 13.2 Å². The maximum absolute atomic E-state index is 14.6. The van der Waals surface area contributed by atoms with Gasteiger partial charge in [-0.2, -0.15) is 13.5 Å². The van der Waals surface area contributed by atoms with Gasteiger partial charge in [-0.05, 0) is 36.8 Å². The van der Waals surface area contributed by atoms with E-state index in [0.29, 0.717) is 27.9 Å². The summed E-state index contributed by atoms with van der Waals surface area (Å²) in [6.07, 6.45) is 10.4. The van der Waals surface area contributed by atoms with E-state index in [1.54, 1.807) is 40.8 Å². The van der Waals surface area contributed by atoms with Crippen LogP contribution in [0.4, 0.5) is 5.82 Å². The zero-order valence-electron chi connectivity index (χ0n) is 25.4. The molecule has 3 N–H and O–H groups in total. The molecule has 13 nitrogen and oxygen atoms in total. The first-order chi connectivity index (χ1) is 22.6. The lowest BCUT2D eigenvalue weighted by molar-refractivity contribution is 0.0941. The minimum absolute atomic E-state index is 0.0775. The Bertz CT molecular complexity index is 2500. The lowest BCUT2D eigenvalue weighted by atomic mass is 9.96. The first-order valence-corrected chi connectivity index (χ1v) is 16.0. The molecule has 234 valence electrons. The number of fused-ring (bicyclic) bond motifs is 1. The van der Waals surface area contributed by atoms with Gasteiger partial charge in [-0.25, -0.2) is 14.2 Å². The Morgan fingerprint density at radius 3 is 2.57 bits per heavy atom. The molecule has 2 aromatic carbocycles. The van der Waals surface area contributed by atoms with Crippen molar-refractivity contribution in [2.24, 2.45) is 7.05 Å². The summed E-state index contributed by atoms with van der Waals surface area (Å²) in [5, 5.41) is 12.6. The van der Waals surface area contributed by atoms with Crippen molar-refractivity contribution in [3.63, 3.8) is 0 Å². The van der Waals surface area contributed by atoms with Gasteiger partial charge in [-0.15, -0.1) is 5.10 Å². The molecular formula is C33H27N9O4S. The highest BCUT2D eigenvalue weighted by atomic mass is 32.2. The molecule has 4 heterocycles. The van der Waals surface area contributed by atoms with Crippen LogP contribution in [0.5, 0.6) is 0 Å². The summed E-state index contributed by atoms with van der Waals surface area (Å²) < 4.78 is 33.8. The van der Waals surface area contributed by atoms with Crippen LogP contribution in [0, 0.1) is 11.8 Å². The molecule has 0 saturated carbocycles. The predicted octanol–water partition coefficient (Wildman–Crippen LogP) is 3.02. The summed E-state index contributed by atoms with van der Waals surface area (Å²) in [5.41, 5.74) is 3.80. The van der Waals surface area contributed by atoms with Crippen LogP contribution >= 0.6 is 0 Å². The topological polar surface area (TPSA) is 157 Å². The predicted molar refractivity (Wildman–Crippen MR) is 178 cm³/mol. The van der Waals surface area contributed by atoms with Gasteiger partial charge in [-0.1, -0.05) is 48.3 Å². The maximum atomic E-state index is 14.6. The van der Waals surface area contributed by atoms with Gasteiger partial charge in [0, 0.05) is 54.9 Å². The fraction of sp³-hybridized carbons (Fsp3) is 0.121. The lowest BCUT2D eigenvalue weighted by Gasteiger charge is -2.23. The first kappa shape index (κ1) is 29.7. The number of nitrogens with zero attached hydrogens (tertiary/aromatic N) is 6. The minimum atomic E-state index is -4.01. The lowest BCUT2D eigenvalue weighted by Crippen LogP contribution is -2.34. The highest BCUT2D eigenvalue weighted by Crippen LogP contribution is 2.37. The molecular weight excluding hydrogens is 618 g/mol. The van der Waals surface area contributed by atoms with Crippen molar-refractivity contribution in [1.29, 1.82) is 0 Å². The van der Waals surface area contributed by atoms with E-state index in [2.05, 4.69) is 41.8 Å². The van der Waals surface area contributed by atoms with Gasteiger partial charge >= 0.3 is 0 Å². The highest BCUT2D eigenvalue weighted by molar-refractivity contribution is 7.90. The number of hydrogen-bond donors (Lipinski definition) is 3. The van der Waals surface area contributed by atoms with Crippen molar-refractivity contribution in [1.82, 2.24) is 39.0 Å². The van der Waals surface area contributed by atoms with E-state index < -0.39 is 22.2 Å². The molecule has 0 saturated heterocycles. The van der Waals surface area contributed by atoms with Gasteiger partial charge in [0.1, 0.15) is 5.56 Å². The molecule has 4 aromatic heterocycles. The number of nitrogens with one attached hydrogen (secondary N) is 3. The molecule has 0 radical (unpaired) electrons. The fourth-order valence-corrected chi connectivity index (χ4v) is 6.25. The van der Waals surface area contributed by atoms with E-state index in [1.807, 2.05) is 61.7 Å². The zero-order chi connectivity index (χ0) is 32.9. The summed E-state index contributed by atoms with van der Waals surface area (Å²) in [7, 11) is -0.966. The molecule has 1 aliphatic carbocycles. The monoisotopic (exact) mass is 645 g/mol. The quantitative estimate of drug-likeness (QED) is 0.225. The largest absolute Gasteiger partial charge is 0.344 e. The Morgan fingerprint density at radius 1 is 1.02 bits per heavy atom. The SMILES string of the molecule is CNS(=O)(=O)Nc1nn2cccnc2c1C(=O)N[C@@H](C)c1c2c3c(ccc(C#Cc4cnn(C)c4)c3c(=O)n1-c1ccccc1)C=C2. The maximum Gasteiger partial charge on any atom is 0.300 e. The first-order valence-electron chi connectivity index (χ1n) is 14.5. The second-order valence-corrected chi connectivity index (χ2v) is 12.4. The van der Waals surface area contributed by atoms with Crippen LogP contribution in [-0.4, -0.2) is 50.3 Å². The Morgan fingerprint density at radius 2 is 1.83 bits per heavy atom. The average molecular weight is 646 g/mol. The fourth-order valence-electron chi connectivity index (χ4n) is 5.75. The van der Waals surface area contributed by atoms with Crippen molar-refractivity contribution in [3.05, 3.63) is 117 Å². The number of pyridine rings is 1. The Labute approximate surface area is 268 Å². The number of hydrogen-bond acceptors (Lipinski definition) is 7. The molecule has 0 fully saturated rings. The van der Waals surface area contributed by atoms with E-state index >= 15 is 0 Å². The van der Waals surface area contributed by atoms with E-state index in [0.717, 1.165) is 16.5 Å². The normalized spacial score (nSPS) is 12.7. The van der Waals surface area contributed by atoms with Gasteiger partial charge in [-0.3, -0.25) is 23.6 Å². The number of carbonyl (C=O) groups excluding carboxylic acids is 1. The Balaban J connectivity index is 1.39. The van der Waals surface area contributed by atoms with Crippen molar-refractivity contribution in [2.45, 2.75) is 13.0 Å². The third kappa shape index (κ3) is 5.23. The summed E-state index contributed by atoms with van der Waals surface area (Å²) in [4.78, 5) is 32.9. The molecule has 0 aliphatic heterocycles. The number of aromatic nitrogens is 6. The number of benzene rings is 2. The third-order valence-corrected chi connectivity index (χ3v) is 8.81. The highest BCUT2D eigenvalue weighted by Gasteiger charge is 2.29. The molecule has 47 heavy (non-hydrogen) atoms. The van der Waals surface area contributed by atoms with Crippen LogP contribution in [0.3, 0.4) is 0 Å². The van der Waals surface area contributed by atoms with E-state index in [-0.39, 0.29) is 22.6 Å². The van der Waals surface area contributed by atoms with Crippen LogP contribution in [0.15, 0.2) is 78.1 Å². The second kappa shape index (κ2) is 11.4. The molecule has 0 spiro atoms. The molecule has 1 amide bonds. The summed E-state index contributed by atoms with van der Waals surface area (Å²) >= 11 is 0. The Hall–Kier alpha value is -6.04. The molecule has 0 unspecified atom stereocenters.